The van der Waals surface area contributed by atoms with Gasteiger partial charge in [-0.2, -0.15) is 9.50 Å². The van der Waals surface area contributed by atoms with Crippen LogP contribution in [0.3, 0.4) is 0 Å². The van der Waals surface area contributed by atoms with Crippen molar-refractivity contribution in [1.82, 2.24) is 25.0 Å². The molecule has 0 saturated carbocycles. The minimum absolute atomic E-state index is 0.429. The summed E-state index contributed by atoms with van der Waals surface area (Å²) in [4.78, 5) is 6.64. The van der Waals surface area contributed by atoms with E-state index in [4.69, 9.17) is 11.6 Å². The van der Waals surface area contributed by atoms with Crippen LogP contribution in [0.4, 0.5) is 11.5 Å². The van der Waals surface area contributed by atoms with Crippen molar-refractivity contribution in [2.24, 2.45) is 0 Å². The van der Waals surface area contributed by atoms with Gasteiger partial charge in [0.2, 0.25) is 0 Å². The van der Waals surface area contributed by atoms with Gasteiger partial charge in [0.15, 0.2) is 0 Å². The summed E-state index contributed by atoms with van der Waals surface area (Å²) in [6.07, 6.45) is 0. The molecule has 0 aliphatic carbocycles. The average Bonchev–Trinajstić information content (AvgIpc) is 3.01. The third-order valence-electron chi connectivity index (χ3n) is 3.82. The summed E-state index contributed by atoms with van der Waals surface area (Å²) in [6, 6.07) is 11.8. The summed E-state index contributed by atoms with van der Waals surface area (Å²) in [5.74, 6) is 1.19. The Bertz CT molecular complexity index is 1060. The SMILES string of the molecule is Cc1cc(Br)cc(N(C)c2nc3nnnn3c3cc(Cl)ccc23)c1. The van der Waals surface area contributed by atoms with Crippen molar-refractivity contribution in [3.05, 3.63) is 51.5 Å². The van der Waals surface area contributed by atoms with Gasteiger partial charge in [-0.3, -0.25) is 0 Å². The van der Waals surface area contributed by atoms with E-state index >= 15 is 0 Å². The largest absolute Gasteiger partial charge is 0.329 e. The molecule has 0 aliphatic heterocycles. The Kier molecular flexibility index (Phi) is 3.62. The Hall–Kier alpha value is -2.25. The minimum atomic E-state index is 0.429. The molecule has 0 fully saturated rings. The third kappa shape index (κ3) is 2.50. The number of benzene rings is 2. The van der Waals surface area contributed by atoms with E-state index in [-0.39, 0.29) is 0 Å². The van der Waals surface area contributed by atoms with Crippen molar-refractivity contribution in [3.8, 4) is 0 Å². The third-order valence-corrected chi connectivity index (χ3v) is 4.51. The molecule has 120 valence electrons. The molecule has 0 aliphatic rings. The number of nitrogens with zero attached hydrogens (tertiary/aromatic N) is 6. The number of anilines is 2. The van der Waals surface area contributed by atoms with Gasteiger partial charge in [-0.1, -0.05) is 32.6 Å². The van der Waals surface area contributed by atoms with E-state index in [9.17, 15) is 0 Å². The van der Waals surface area contributed by atoms with Crippen LogP contribution in [0.25, 0.3) is 16.7 Å². The van der Waals surface area contributed by atoms with Crippen molar-refractivity contribution in [3.63, 3.8) is 0 Å². The van der Waals surface area contributed by atoms with E-state index in [1.165, 1.54) is 0 Å². The smallest absolute Gasteiger partial charge is 0.275 e. The highest BCUT2D eigenvalue weighted by atomic mass is 79.9. The number of tetrazole rings is 1. The fourth-order valence-corrected chi connectivity index (χ4v) is 3.48. The van der Waals surface area contributed by atoms with E-state index < -0.39 is 0 Å². The van der Waals surface area contributed by atoms with Crippen molar-refractivity contribution in [2.75, 3.05) is 11.9 Å². The van der Waals surface area contributed by atoms with Crippen LogP contribution in [0.1, 0.15) is 5.56 Å². The average molecular weight is 404 g/mol. The molecule has 4 rings (SSSR count). The van der Waals surface area contributed by atoms with Gasteiger partial charge in [0.05, 0.1) is 5.52 Å². The van der Waals surface area contributed by atoms with Crippen LogP contribution in [0.15, 0.2) is 40.9 Å². The molecule has 0 bridgehead atoms. The Morgan fingerprint density at radius 3 is 2.79 bits per heavy atom. The van der Waals surface area contributed by atoms with E-state index in [0.29, 0.717) is 10.8 Å². The summed E-state index contributed by atoms with van der Waals surface area (Å²) in [7, 11) is 1.97. The van der Waals surface area contributed by atoms with Gasteiger partial charge in [0.1, 0.15) is 5.82 Å². The summed E-state index contributed by atoms with van der Waals surface area (Å²) in [6.45, 7) is 2.05. The molecule has 2 aromatic heterocycles. The zero-order valence-corrected chi connectivity index (χ0v) is 15.2. The highest BCUT2D eigenvalue weighted by Gasteiger charge is 2.16. The molecular formula is C16H12BrClN6. The maximum atomic E-state index is 6.15. The molecule has 2 aromatic carbocycles. The molecule has 8 heteroatoms. The maximum Gasteiger partial charge on any atom is 0.275 e. The van der Waals surface area contributed by atoms with Crippen LogP contribution in [0, 0.1) is 6.92 Å². The molecule has 4 aromatic rings. The lowest BCUT2D eigenvalue weighted by Gasteiger charge is -2.21. The zero-order valence-electron chi connectivity index (χ0n) is 12.9. The Morgan fingerprint density at radius 2 is 2.00 bits per heavy atom. The second-order valence-corrected chi connectivity index (χ2v) is 6.89. The quantitative estimate of drug-likeness (QED) is 0.503. The lowest BCUT2D eigenvalue weighted by molar-refractivity contribution is 0.840. The van der Waals surface area contributed by atoms with Crippen molar-refractivity contribution >= 4 is 55.7 Å². The zero-order chi connectivity index (χ0) is 16.8. The van der Waals surface area contributed by atoms with Gasteiger partial charge in [-0.25, -0.2) is 0 Å². The first-order valence-corrected chi connectivity index (χ1v) is 8.38. The number of hydrogen-bond donors (Lipinski definition) is 0. The lowest BCUT2D eigenvalue weighted by Crippen LogP contribution is -2.13. The second kappa shape index (κ2) is 5.68. The number of fused-ring (bicyclic) bond motifs is 3. The van der Waals surface area contributed by atoms with E-state index in [0.717, 1.165) is 32.4 Å². The van der Waals surface area contributed by atoms with Gasteiger partial charge < -0.3 is 4.90 Å². The van der Waals surface area contributed by atoms with Gasteiger partial charge in [0, 0.05) is 27.6 Å². The van der Waals surface area contributed by atoms with Crippen molar-refractivity contribution in [2.45, 2.75) is 6.92 Å². The second-order valence-electron chi connectivity index (χ2n) is 5.53. The first-order valence-electron chi connectivity index (χ1n) is 7.21. The van der Waals surface area contributed by atoms with Crippen LogP contribution in [0.2, 0.25) is 5.02 Å². The molecule has 0 radical (unpaired) electrons. The molecule has 24 heavy (non-hydrogen) atoms. The summed E-state index contributed by atoms with van der Waals surface area (Å²) < 4.78 is 2.60. The van der Waals surface area contributed by atoms with Crippen molar-refractivity contribution < 1.29 is 0 Å². The van der Waals surface area contributed by atoms with Crippen molar-refractivity contribution in [1.29, 1.82) is 0 Å². The maximum absolute atomic E-state index is 6.15. The van der Waals surface area contributed by atoms with Crippen LogP contribution in [0.5, 0.6) is 0 Å². The highest BCUT2D eigenvalue weighted by molar-refractivity contribution is 9.10. The molecule has 0 atom stereocenters. The van der Waals surface area contributed by atoms with E-state index in [2.05, 4.69) is 55.5 Å². The highest BCUT2D eigenvalue weighted by Crippen LogP contribution is 2.32. The van der Waals surface area contributed by atoms with Crippen LogP contribution < -0.4 is 4.90 Å². The first-order chi connectivity index (χ1) is 11.5. The van der Waals surface area contributed by atoms with Gasteiger partial charge in [0.25, 0.3) is 5.78 Å². The normalized spacial score (nSPS) is 11.3. The number of halogens is 2. The number of hydrogen-bond acceptors (Lipinski definition) is 5. The molecule has 0 saturated heterocycles. The molecule has 0 amide bonds. The fraction of sp³-hybridized carbons (Fsp3) is 0.125. The van der Waals surface area contributed by atoms with E-state index in [1.807, 2.05) is 36.2 Å². The lowest BCUT2D eigenvalue weighted by atomic mass is 10.2. The van der Waals surface area contributed by atoms with Gasteiger partial charge >= 0.3 is 0 Å². The number of aryl methyl sites for hydroxylation is 1. The number of aromatic nitrogens is 5. The predicted octanol–water partition coefficient (Wildman–Crippen LogP) is 4.16. The summed E-state index contributed by atoms with van der Waals surface area (Å²) >= 11 is 9.70. The fourth-order valence-electron chi connectivity index (χ4n) is 2.72. The Balaban J connectivity index is 2.00. The monoisotopic (exact) mass is 402 g/mol. The molecule has 0 unspecified atom stereocenters. The number of rotatable bonds is 2. The molecule has 6 nitrogen and oxygen atoms in total. The molecule has 2 heterocycles. The van der Waals surface area contributed by atoms with E-state index in [1.54, 1.807) is 4.52 Å². The van der Waals surface area contributed by atoms with Gasteiger partial charge in [-0.05, 0) is 59.3 Å². The Morgan fingerprint density at radius 1 is 1.17 bits per heavy atom. The summed E-state index contributed by atoms with van der Waals surface area (Å²) in [5, 5.41) is 13.2. The molecule has 0 N–H and O–H groups in total. The van der Waals surface area contributed by atoms with Gasteiger partial charge in [-0.15, -0.1) is 0 Å². The topological polar surface area (TPSA) is 59.2 Å². The molecule has 0 spiro atoms. The predicted molar refractivity (Wildman–Crippen MR) is 98.0 cm³/mol. The van der Waals surface area contributed by atoms with Crippen LogP contribution in [-0.2, 0) is 0 Å². The Labute approximate surface area is 151 Å². The minimum Gasteiger partial charge on any atom is -0.329 e. The molecular weight excluding hydrogens is 392 g/mol. The van der Waals surface area contributed by atoms with Crippen LogP contribution >= 0.6 is 27.5 Å². The first kappa shape index (κ1) is 15.3. The standard InChI is InChI=1S/C16H12BrClN6/c1-9-5-10(17)7-12(6-9)23(2)15-13-4-3-11(18)8-14(13)24-16(19-15)20-21-22-24/h3-8H,1-2H3. The van der Waals surface area contributed by atoms with Crippen LogP contribution in [-0.4, -0.2) is 32.1 Å². The summed E-state index contributed by atoms with van der Waals surface area (Å²) in [5.41, 5.74) is 2.98.